The van der Waals surface area contributed by atoms with E-state index in [9.17, 15) is 4.79 Å². The summed E-state index contributed by atoms with van der Waals surface area (Å²) in [7, 11) is 0. The molecule has 2 amide bonds. The monoisotopic (exact) mass is 237 g/mol. The molecule has 0 aromatic carbocycles. The van der Waals surface area contributed by atoms with Crippen molar-refractivity contribution in [1.29, 1.82) is 0 Å². The van der Waals surface area contributed by atoms with Crippen LogP contribution in [0.5, 0.6) is 0 Å². The molecule has 1 saturated carbocycles. The molecule has 3 aliphatic rings. The number of nitrogens with zero attached hydrogens (tertiary/aromatic N) is 1. The summed E-state index contributed by atoms with van der Waals surface area (Å²) in [6, 6.07) is 1.20. The Labute approximate surface area is 103 Å². The van der Waals surface area contributed by atoms with Gasteiger partial charge in [-0.1, -0.05) is 12.8 Å². The molecular weight excluding hydrogens is 214 g/mol. The predicted octanol–water partition coefficient (Wildman–Crippen LogP) is 1.32. The lowest BCUT2D eigenvalue weighted by atomic mass is 9.81. The molecule has 17 heavy (non-hydrogen) atoms. The van der Waals surface area contributed by atoms with Crippen molar-refractivity contribution >= 4 is 6.03 Å². The Morgan fingerprint density at radius 3 is 2.65 bits per heavy atom. The maximum absolute atomic E-state index is 12.1. The third kappa shape index (κ3) is 2.15. The number of piperidine rings is 1. The molecule has 3 fully saturated rings. The van der Waals surface area contributed by atoms with Crippen molar-refractivity contribution in [2.45, 2.75) is 50.6 Å². The van der Waals surface area contributed by atoms with Crippen molar-refractivity contribution in [3.05, 3.63) is 0 Å². The van der Waals surface area contributed by atoms with Gasteiger partial charge < -0.3 is 15.5 Å². The van der Waals surface area contributed by atoms with Crippen LogP contribution in [0, 0.1) is 5.92 Å². The minimum absolute atomic E-state index is 0.194. The summed E-state index contributed by atoms with van der Waals surface area (Å²) in [5, 5.41) is 6.48. The number of carbonyl (C=O) groups is 1. The minimum Gasteiger partial charge on any atom is -0.338 e. The zero-order valence-corrected chi connectivity index (χ0v) is 10.5. The summed E-state index contributed by atoms with van der Waals surface area (Å²) < 4.78 is 0. The summed E-state index contributed by atoms with van der Waals surface area (Å²) in [5.74, 6) is 0.705. The van der Waals surface area contributed by atoms with Gasteiger partial charge in [0.1, 0.15) is 0 Å². The van der Waals surface area contributed by atoms with Crippen LogP contribution >= 0.6 is 0 Å². The van der Waals surface area contributed by atoms with Gasteiger partial charge in [-0.15, -0.1) is 0 Å². The van der Waals surface area contributed by atoms with Crippen LogP contribution in [0.4, 0.5) is 4.79 Å². The van der Waals surface area contributed by atoms with Crippen LogP contribution in [0.3, 0.4) is 0 Å². The first-order valence-electron chi connectivity index (χ1n) is 7.13. The number of hydrogen-bond acceptors (Lipinski definition) is 2. The highest BCUT2D eigenvalue weighted by Gasteiger charge is 2.40. The quantitative estimate of drug-likeness (QED) is 0.722. The lowest BCUT2D eigenvalue weighted by molar-refractivity contribution is 0.0558. The van der Waals surface area contributed by atoms with Crippen LogP contribution in [0.1, 0.15) is 38.5 Å². The molecule has 3 rings (SSSR count). The zero-order chi connectivity index (χ0) is 11.7. The molecule has 2 saturated heterocycles. The van der Waals surface area contributed by atoms with E-state index in [1.807, 2.05) is 0 Å². The van der Waals surface area contributed by atoms with Gasteiger partial charge in [-0.05, 0) is 44.7 Å². The molecule has 96 valence electrons. The van der Waals surface area contributed by atoms with Gasteiger partial charge in [0.25, 0.3) is 0 Å². The molecule has 0 spiro atoms. The Hall–Kier alpha value is -0.770. The minimum atomic E-state index is 0.194. The van der Waals surface area contributed by atoms with E-state index in [0.717, 1.165) is 32.5 Å². The van der Waals surface area contributed by atoms with E-state index < -0.39 is 0 Å². The lowest BCUT2D eigenvalue weighted by Gasteiger charge is -2.48. The van der Waals surface area contributed by atoms with Crippen LogP contribution in [0.25, 0.3) is 0 Å². The molecule has 2 N–H and O–H groups in total. The van der Waals surface area contributed by atoms with Gasteiger partial charge in [0.15, 0.2) is 0 Å². The number of urea groups is 1. The second-order valence-corrected chi connectivity index (χ2v) is 5.69. The molecule has 4 heteroatoms. The molecule has 2 atom stereocenters. The van der Waals surface area contributed by atoms with E-state index in [0.29, 0.717) is 18.0 Å². The smallest absolute Gasteiger partial charge is 0.317 e. The van der Waals surface area contributed by atoms with E-state index in [1.165, 1.54) is 25.7 Å². The van der Waals surface area contributed by atoms with Gasteiger partial charge in [0.05, 0.1) is 0 Å². The number of rotatable bonds is 1. The number of carbonyl (C=O) groups excluding carboxylic acids is 1. The molecule has 0 radical (unpaired) electrons. The van der Waals surface area contributed by atoms with Crippen molar-refractivity contribution in [2.75, 3.05) is 19.6 Å². The fourth-order valence-corrected chi connectivity index (χ4v) is 3.77. The third-order valence-electron chi connectivity index (χ3n) is 4.68. The van der Waals surface area contributed by atoms with E-state index >= 15 is 0 Å². The first kappa shape index (κ1) is 11.3. The number of hydrogen-bond donors (Lipinski definition) is 2. The van der Waals surface area contributed by atoms with Crippen molar-refractivity contribution in [3.63, 3.8) is 0 Å². The highest BCUT2D eigenvalue weighted by molar-refractivity contribution is 5.76. The predicted molar refractivity (Wildman–Crippen MR) is 66.9 cm³/mol. The molecule has 0 aromatic rings. The van der Waals surface area contributed by atoms with Crippen molar-refractivity contribution < 1.29 is 4.79 Å². The first-order valence-corrected chi connectivity index (χ1v) is 7.13. The van der Waals surface area contributed by atoms with Crippen molar-refractivity contribution in [2.24, 2.45) is 5.92 Å². The van der Waals surface area contributed by atoms with E-state index in [1.54, 1.807) is 0 Å². The van der Waals surface area contributed by atoms with Gasteiger partial charge >= 0.3 is 6.03 Å². The summed E-state index contributed by atoms with van der Waals surface area (Å²) in [5.41, 5.74) is 0. The summed E-state index contributed by atoms with van der Waals surface area (Å²) in [4.78, 5) is 14.3. The standard InChI is InChI=1S/C13H23N3O/c17-13-15-9-10-3-1-2-4-12(10)16(13)11-5-7-14-8-6-11/h10-12,14H,1-9H2,(H,15,17). The molecule has 2 heterocycles. The zero-order valence-electron chi connectivity index (χ0n) is 10.5. The first-order chi connectivity index (χ1) is 8.36. The summed E-state index contributed by atoms with van der Waals surface area (Å²) in [6.07, 6.45) is 7.41. The fourth-order valence-electron chi connectivity index (χ4n) is 3.77. The van der Waals surface area contributed by atoms with Crippen LogP contribution in [0.15, 0.2) is 0 Å². The fraction of sp³-hybridized carbons (Fsp3) is 0.923. The van der Waals surface area contributed by atoms with Gasteiger partial charge in [-0.3, -0.25) is 0 Å². The SMILES string of the molecule is O=C1NCC2CCCCC2N1C1CCNCC1. The summed E-state index contributed by atoms with van der Waals surface area (Å²) >= 11 is 0. The molecule has 1 aliphatic carbocycles. The van der Waals surface area contributed by atoms with Crippen LogP contribution in [-0.4, -0.2) is 42.6 Å². The average molecular weight is 237 g/mol. The molecule has 2 unspecified atom stereocenters. The van der Waals surface area contributed by atoms with Gasteiger partial charge in [0.2, 0.25) is 0 Å². The molecular formula is C13H23N3O. The van der Waals surface area contributed by atoms with Crippen LogP contribution in [-0.2, 0) is 0 Å². The number of fused-ring (bicyclic) bond motifs is 1. The highest BCUT2D eigenvalue weighted by Crippen LogP contribution is 2.33. The third-order valence-corrected chi connectivity index (χ3v) is 4.68. The Bertz CT molecular complexity index is 288. The topological polar surface area (TPSA) is 44.4 Å². The van der Waals surface area contributed by atoms with Gasteiger partial charge in [-0.2, -0.15) is 0 Å². The Morgan fingerprint density at radius 2 is 1.82 bits per heavy atom. The lowest BCUT2D eigenvalue weighted by Crippen LogP contribution is -2.62. The van der Waals surface area contributed by atoms with Crippen LogP contribution in [0.2, 0.25) is 0 Å². The van der Waals surface area contributed by atoms with Crippen molar-refractivity contribution in [3.8, 4) is 0 Å². The number of amides is 2. The second kappa shape index (κ2) is 4.84. The molecule has 2 aliphatic heterocycles. The Kier molecular flexibility index (Phi) is 3.23. The number of nitrogens with one attached hydrogen (secondary N) is 2. The molecule has 0 aromatic heterocycles. The van der Waals surface area contributed by atoms with Crippen LogP contribution < -0.4 is 10.6 Å². The second-order valence-electron chi connectivity index (χ2n) is 5.69. The Balaban J connectivity index is 1.75. The summed E-state index contributed by atoms with van der Waals surface area (Å²) in [6.45, 7) is 3.03. The average Bonchev–Trinajstić information content (AvgIpc) is 2.39. The van der Waals surface area contributed by atoms with E-state index in [4.69, 9.17) is 0 Å². The van der Waals surface area contributed by atoms with Gasteiger partial charge in [0, 0.05) is 18.6 Å². The van der Waals surface area contributed by atoms with Crippen molar-refractivity contribution in [1.82, 2.24) is 15.5 Å². The Morgan fingerprint density at radius 1 is 1.06 bits per heavy atom. The normalized spacial score (nSPS) is 35.3. The molecule has 0 bridgehead atoms. The molecule has 4 nitrogen and oxygen atoms in total. The highest BCUT2D eigenvalue weighted by atomic mass is 16.2. The maximum atomic E-state index is 12.1. The largest absolute Gasteiger partial charge is 0.338 e. The maximum Gasteiger partial charge on any atom is 0.317 e. The van der Waals surface area contributed by atoms with Gasteiger partial charge in [-0.25, -0.2) is 4.79 Å². The van der Waals surface area contributed by atoms with E-state index in [2.05, 4.69) is 15.5 Å². The van der Waals surface area contributed by atoms with E-state index in [-0.39, 0.29) is 6.03 Å².